The molecule has 0 fully saturated rings. The molecule has 3 rings (SSSR count). The van der Waals surface area contributed by atoms with Gasteiger partial charge in [-0.25, -0.2) is 13.1 Å². The number of nitrogen functional groups attached to an aromatic ring is 1. The number of sulfonamides is 1. The van der Waals surface area contributed by atoms with Gasteiger partial charge in [-0.2, -0.15) is 0 Å². The second-order valence-corrected chi connectivity index (χ2v) is 8.46. The Balaban J connectivity index is 0.00000261. The normalized spacial score (nSPS) is 16.1. The van der Waals surface area contributed by atoms with Crippen molar-refractivity contribution in [3.05, 3.63) is 59.2 Å². The van der Waals surface area contributed by atoms with Crippen molar-refractivity contribution in [2.75, 3.05) is 19.8 Å². The van der Waals surface area contributed by atoms with Gasteiger partial charge in [0.25, 0.3) is 5.91 Å². The lowest BCUT2D eigenvalue weighted by Crippen LogP contribution is -2.31. The molecule has 0 aromatic heterocycles. The summed E-state index contributed by atoms with van der Waals surface area (Å²) in [6.45, 7) is 0. The molecule has 8 heteroatoms. The van der Waals surface area contributed by atoms with E-state index in [0.717, 1.165) is 30.4 Å². The van der Waals surface area contributed by atoms with E-state index < -0.39 is 10.0 Å². The molecule has 1 unspecified atom stereocenters. The molecular formula is C19H24ClN3O3S. The van der Waals surface area contributed by atoms with Crippen LogP contribution in [0.3, 0.4) is 0 Å². The van der Waals surface area contributed by atoms with Crippen molar-refractivity contribution in [1.82, 2.24) is 9.62 Å². The van der Waals surface area contributed by atoms with Crippen LogP contribution in [-0.2, 0) is 16.4 Å². The van der Waals surface area contributed by atoms with Crippen molar-refractivity contribution in [3.8, 4) is 0 Å². The fraction of sp³-hybridized carbons (Fsp3) is 0.316. The number of nitrogens with two attached hydrogens (primary N) is 1. The second kappa shape index (κ2) is 8.29. The summed E-state index contributed by atoms with van der Waals surface area (Å²) >= 11 is 0. The van der Waals surface area contributed by atoms with Gasteiger partial charge in [-0.15, -0.1) is 12.4 Å². The number of aryl methyl sites for hydroxylation is 1. The molecule has 0 saturated heterocycles. The average molecular weight is 410 g/mol. The number of amides is 1. The highest BCUT2D eigenvalue weighted by atomic mass is 35.5. The smallest absolute Gasteiger partial charge is 0.253 e. The Bertz CT molecular complexity index is 928. The number of benzene rings is 2. The summed E-state index contributed by atoms with van der Waals surface area (Å²) in [5, 5.41) is 0. The maximum absolute atomic E-state index is 12.8. The lowest BCUT2D eigenvalue weighted by atomic mass is 9.88. The summed E-state index contributed by atoms with van der Waals surface area (Å²) in [5.41, 5.74) is 9.05. The third-order valence-electron chi connectivity index (χ3n) is 4.60. The fourth-order valence-electron chi connectivity index (χ4n) is 3.25. The van der Waals surface area contributed by atoms with Crippen LogP contribution in [0.4, 0.5) is 5.69 Å². The maximum atomic E-state index is 12.8. The molecule has 6 nitrogen and oxygen atoms in total. The zero-order valence-electron chi connectivity index (χ0n) is 15.3. The van der Waals surface area contributed by atoms with Gasteiger partial charge >= 0.3 is 0 Å². The molecule has 0 spiro atoms. The predicted octanol–water partition coefficient (Wildman–Crippen LogP) is 2.75. The lowest BCUT2D eigenvalue weighted by Gasteiger charge is -2.26. The molecular weight excluding hydrogens is 386 g/mol. The molecule has 0 saturated carbocycles. The van der Waals surface area contributed by atoms with Gasteiger partial charge in [-0.3, -0.25) is 4.79 Å². The molecule has 1 aliphatic rings. The molecule has 27 heavy (non-hydrogen) atoms. The van der Waals surface area contributed by atoms with Gasteiger partial charge in [-0.05, 0) is 66.8 Å². The quantitative estimate of drug-likeness (QED) is 0.759. The third-order valence-corrected chi connectivity index (χ3v) is 6.08. The molecule has 0 heterocycles. The van der Waals surface area contributed by atoms with Crippen LogP contribution < -0.4 is 10.5 Å². The van der Waals surface area contributed by atoms with Gasteiger partial charge in [0.2, 0.25) is 10.0 Å². The Kier molecular flexibility index (Phi) is 6.51. The fourth-order valence-corrected chi connectivity index (χ4v) is 4.50. The Morgan fingerprint density at radius 1 is 1.15 bits per heavy atom. The van der Waals surface area contributed by atoms with E-state index in [1.807, 2.05) is 12.1 Å². The minimum atomic E-state index is -3.68. The van der Waals surface area contributed by atoms with Gasteiger partial charge in [0.05, 0.1) is 4.90 Å². The van der Waals surface area contributed by atoms with Gasteiger partial charge in [0.1, 0.15) is 0 Å². The number of hydrogen-bond acceptors (Lipinski definition) is 4. The first-order chi connectivity index (χ1) is 12.3. The summed E-state index contributed by atoms with van der Waals surface area (Å²) in [7, 11) is -0.372. The van der Waals surface area contributed by atoms with Crippen molar-refractivity contribution >= 4 is 34.0 Å². The monoisotopic (exact) mass is 409 g/mol. The average Bonchev–Trinajstić information content (AvgIpc) is 2.60. The summed E-state index contributed by atoms with van der Waals surface area (Å²) < 4.78 is 28.3. The summed E-state index contributed by atoms with van der Waals surface area (Å²) in [6, 6.07) is 11.3. The van der Waals surface area contributed by atoms with Crippen molar-refractivity contribution in [1.29, 1.82) is 0 Å². The van der Waals surface area contributed by atoms with Crippen LogP contribution in [0.15, 0.2) is 47.4 Å². The van der Waals surface area contributed by atoms with Gasteiger partial charge in [0, 0.05) is 31.4 Å². The first-order valence-corrected chi connectivity index (χ1v) is 9.98. The molecule has 0 radical (unpaired) electrons. The molecule has 1 aliphatic carbocycles. The van der Waals surface area contributed by atoms with E-state index in [2.05, 4.69) is 4.72 Å². The number of fused-ring (bicyclic) bond motifs is 1. The SMILES string of the molecule is CN(C)C(=O)c1ccc(S(=O)(=O)NC2CCCc3cc(N)ccc32)cc1.Cl. The van der Waals surface area contributed by atoms with Crippen LogP contribution in [0.25, 0.3) is 0 Å². The lowest BCUT2D eigenvalue weighted by molar-refractivity contribution is 0.0827. The molecule has 1 atom stereocenters. The van der Waals surface area contributed by atoms with Crippen molar-refractivity contribution in [2.45, 2.75) is 30.2 Å². The zero-order valence-corrected chi connectivity index (χ0v) is 16.9. The number of nitrogens with one attached hydrogen (secondary N) is 1. The third kappa shape index (κ3) is 4.61. The Hall–Kier alpha value is -2.09. The standard InChI is InChI=1S/C19H23N3O3S.ClH/c1-22(2)19(23)13-6-9-16(10-7-13)26(24,25)21-18-5-3-4-14-12-15(20)8-11-17(14)18;/h6-12,18,21H,3-5,20H2,1-2H3;1H. The molecule has 0 aliphatic heterocycles. The molecule has 0 bridgehead atoms. The topological polar surface area (TPSA) is 92.5 Å². The van der Waals surface area contributed by atoms with E-state index in [1.54, 1.807) is 20.2 Å². The zero-order chi connectivity index (χ0) is 18.9. The molecule has 2 aromatic carbocycles. The number of anilines is 1. The van der Waals surface area contributed by atoms with E-state index in [1.165, 1.54) is 29.2 Å². The van der Waals surface area contributed by atoms with E-state index >= 15 is 0 Å². The first-order valence-electron chi connectivity index (χ1n) is 8.50. The molecule has 1 amide bonds. The minimum Gasteiger partial charge on any atom is -0.399 e. The van der Waals surface area contributed by atoms with E-state index in [-0.39, 0.29) is 29.3 Å². The highest BCUT2D eigenvalue weighted by Crippen LogP contribution is 2.32. The Morgan fingerprint density at radius 2 is 1.81 bits per heavy atom. The number of carbonyl (C=O) groups excluding carboxylic acids is 1. The highest BCUT2D eigenvalue weighted by Gasteiger charge is 2.26. The van der Waals surface area contributed by atoms with Gasteiger partial charge in [-0.1, -0.05) is 6.07 Å². The summed E-state index contributed by atoms with van der Waals surface area (Å²) in [4.78, 5) is 13.5. The largest absolute Gasteiger partial charge is 0.399 e. The van der Waals surface area contributed by atoms with Crippen molar-refractivity contribution in [3.63, 3.8) is 0 Å². The van der Waals surface area contributed by atoms with Crippen molar-refractivity contribution < 1.29 is 13.2 Å². The van der Waals surface area contributed by atoms with Crippen molar-refractivity contribution in [2.24, 2.45) is 0 Å². The maximum Gasteiger partial charge on any atom is 0.253 e. The van der Waals surface area contributed by atoms with Crippen LogP contribution in [0.5, 0.6) is 0 Å². The molecule has 146 valence electrons. The van der Waals surface area contributed by atoms with E-state index in [4.69, 9.17) is 5.73 Å². The van der Waals surface area contributed by atoms with Crippen LogP contribution in [0.2, 0.25) is 0 Å². The van der Waals surface area contributed by atoms with Crippen LogP contribution in [-0.4, -0.2) is 33.3 Å². The number of halogens is 1. The number of nitrogens with zero attached hydrogens (tertiary/aromatic N) is 1. The minimum absolute atomic E-state index is 0. The number of hydrogen-bond donors (Lipinski definition) is 2. The molecule has 3 N–H and O–H groups in total. The van der Waals surface area contributed by atoms with E-state index in [0.29, 0.717) is 11.3 Å². The van der Waals surface area contributed by atoms with Crippen LogP contribution >= 0.6 is 12.4 Å². The predicted molar refractivity (Wildman–Crippen MR) is 109 cm³/mol. The Labute approximate surface area is 166 Å². The second-order valence-electron chi connectivity index (χ2n) is 6.75. The number of rotatable bonds is 4. The van der Waals surface area contributed by atoms with E-state index in [9.17, 15) is 13.2 Å². The highest BCUT2D eigenvalue weighted by molar-refractivity contribution is 7.89. The first kappa shape index (κ1) is 21.2. The van der Waals surface area contributed by atoms with Gasteiger partial charge in [0.15, 0.2) is 0 Å². The van der Waals surface area contributed by atoms with Crippen LogP contribution in [0, 0.1) is 0 Å². The number of carbonyl (C=O) groups is 1. The Morgan fingerprint density at radius 3 is 2.44 bits per heavy atom. The summed E-state index contributed by atoms with van der Waals surface area (Å²) in [6.07, 6.45) is 2.55. The molecule has 2 aromatic rings. The summed E-state index contributed by atoms with van der Waals surface area (Å²) in [5.74, 6) is -0.166. The van der Waals surface area contributed by atoms with Crippen LogP contribution in [0.1, 0.15) is 40.4 Å². The van der Waals surface area contributed by atoms with Gasteiger partial charge < -0.3 is 10.6 Å².